The highest BCUT2D eigenvalue weighted by atomic mass is 14.2. The molecule has 0 spiro atoms. The smallest absolute Gasteiger partial charge is 0.0669 e. The third-order valence-electron chi connectivity index (χ3n) is 4.45. The lowest BCUT2D eigenvalue weighted by atomic mass is 9.64. The molecule has 0 saturated carbocycles. The SMILES string of the molecule is BC(C)(CCCCCCCC)CCCC(C)CC. The van der Waals surface area contributed by atoms with Crippen molar-refractivity contribution >= 4 is 7.85 Å². The number of hydrogen-bond donors (Lipinski definition) is 0. The first kappa shape index (κ1) is 18.1. The summed E-state index contributed by atoms with van der Waals surface area (Å²) < 4.78 is 0. The highest BCUT2D eigenvalue weighted by Crippen LogP contribution is 2.35. The molecular weight excluding hydrogens is 215 g/mol. The second-order valence-electron chi connectivity index (χ2n) is 7.09. The molecule has 108 valence electrons. The Morgan fingerprint density at radius 3 is 2.06 bits per heavy atom. The Kier molecular flexibility index (Phi) is 11.0. The van der Waals surface area contributed by atoms with E-state index >= 15 is 0 Å². The molecule has 0 bridgehead atoms. The van der Waals surface area contributed by atoms with Crippen LogP contribution in [0.3, 0.4) is 0 Å². The third kappa shape index (κ3) is 11.2. The molecule has 0 aromatic rings. The Morgan fingerprint density at radius 1 is 0.889 bits per heavy atom. The Bertz CT molecular complexity index is 174. The predicted molar refractivity (Wildman–Crippen MR) is 88.2 cm³/mol. The van der Waals surface area contributed by atoms with E-state index in [9.17, 15) is 0 Å². The lowest BCUT2D eigenvalue weighted by molar-refractivity contribution is 0.419. The molecule has 0 aliphatic rings. The first-order valence-electron chi connectivity index (χ1n) is 8.52. The molecule has 2 atom stereocenters. The lowest BCUT2D eigenvalue weighted by Crippen LogP contribution is -2.09. The molecule has 0 N–H and O–H groups in total. The van der Waals surface area contributed by atoms with Crippen molar-refractivity contribution in [3.8, 4) is 0 Å². The van der Waals surface area contributed by atoms with E-state index < -0.39 is 0 Å². The van der Waals surface area contributed by atoms with Gasteiger partial charge >= 0.3 is 0 Å². The van der Waals surface area contributed by atoms with Crippen LogP contribution in [-0.4, -0.2) is 7.85 Å². The fraction of sp³-hybridized carbons (Fsp3) is 1.00. The number of unbranched alkanes of at least 4 members (excludes halogenated alkanes) is 5. The summed E-state index contributed by atoms with van der Waals surface area (Å²) in [7, 11) is 2.47. The van der Waals surface area contributed by atoms with E-state index in [-0.39, 0.29) is 0 Å². The summed E-state index contributed by atoms with van der Waals surface area (Å²) in [5.41, 5.74) is 0. The third-order valence-corrected chi connectivity index (χ3v) is 4.45. The van der Waals surface area contributed by atoms with Crippen molar-refractivity contribution in [1.29, 1.82) is 0 Å². The van der Waals surface area contributed by atoms with Gasteiger partial charge in [0.2, 0.25) is 0 Å². The van der Waals surface area contributed by atoms with Crippen LogP contribution in [0.1, 0.15) is 98.3 Å². The minimum Gasteiger partial charge on any atom is -0.0669 e. The fourth-order valence-electron chi connectivity index (χ4n) is 2.64. The first-order valence-corrected chi connectivity index (χ1v) is 8.52. The quantitative estimate of drug-likeness (QED) is 0.306. The van der Waals surface area contributed by atoms with Gasteiger partial charge < -0.3 is 0 Å². The van der Waals surface area contributed by atoms with Crippen LogP contribution in [0.25, 0.3) is 0 Å². The van der Waals surface area contributed by atoms with Crippen molar-refractivity contribution < 1.29 is 0 Å². The summed E-state index contributed by atoms with van der Waals surface area (Å²) in [5.74, 6) is 0.926. The van der Waals surface area contributed by atoms with Gasteiger partial charge in [-0.3, -0.25) is 0 Å². The van der Waals surface area contributed by atoms with Gasteiger partial charge in [0, 0.05) is 0 Å². The molecule has 0 fully saturated rings. The van der Waals surface area contributed by atoms with E-state index in [1.165, 1.54) is 70.6 Å². The van der Waals surface area contributed by atoms with Gasteiger partial charge in [0.15, 0.2) is 0 Å². The van der Waals surface area contributed by atoms with E-state index in [1.54, 1.807) is 0 Å². The zero-order valence-electron chi connectivity index (χ0n) is 13.9. The van der Waals surface area contributed by atoms with Crippen LogP contribution in [0.2, 0.25) is 5.31 Å². The molecule has 1 heteroatoms. The molecule has 0 heterocycles. The molecule has 18 heavy (non-hydrogen) atoms. The van der Waals surface area contributed by atoms with Crippen LogP contribution in [0.15, 0.2) is 0 Å². The molecule has 2 unspecified atom stereocenters. The van der Waals surface area contributed by atoms with Gasteiger partial charge in [-0.05, 0) is 5.92 Å². The Hall–Kier alpha value is 0.0649. The topological polar surface area (TPSA) is 0 Å². The summed E-state index contributed by atoms with van der Waals surface area (Å²) in [5, 5.41) is 0.582. The highest BCUT2D eigenvalue weighted by molar-refractivity contribution is 6.14. The average Bonchev–Trinajstić information content (AvgIpc) is 2.33. The van der Waals surface area contributed by atoms with Crippen LogP contribution < -0.4 is 0 Å². The highest BCUT2D eigenvalue weighted by Gasteiger charge is 2.17. The average molecular weight is 252 g/mol. The van der Waals surface area contributed by atoms with Gasteiger partial charge in [0.25, 0.3) is 0 Å². The van der Waals surface area contributed by atoms with Crippen molar-refractivity contribution in [2.75, 3.05) is 0 Å². The minimum atomic E-state index is 0.582. The summed E-state index contributed by atoms with van der Waals surface area (Å²) in [6, 6.07) is 0. The Labute approximate surface area is 118 Å². The van der Waals surface area contributed by atoms with Gasteiger partial charge in [-0.15, -0.1) is 0 Å². The zero-order chi connectivity index (χ0) is 13.9. The number of hydrogen-bond acceptors (Lipinski definition) is 0. The van der Waals surface area contributed by atoms with E-state index in [1.807, 2.05) is 0 Å². The number of rotatable bonds is 12. The molecule has 0 aliphatic heterocycles. The first-order chi connectivity index (χ1) is 8.52. The summed E-state index contributed by atoms with van der Waals surface area (Å²) in [6.07, 6.45) is 15.6. The van der Waals surface area contributed by atoms with Gasteiger partial charge in [-0.25, -0.2) is 0 Å². The fourth-order valence-corrected chi connectivity index (χ4v) is 2.64. The van der Waals surface area contributed by atoms with Crippen molar-refractivity contribution in [3.63, 3.8) is 0 Å². The zero-order valence-corrected chi connectivity index (χ0v) is 13.9. The van der Waals surface area contributed by atoms with Crippen molar-refractivity contribution in [1.82, 2.24) is 0 Å². The predicted octanol–water partition coefficient (Wildman–Crippen LogP) is 5.77. The Morgan fingerprint density at radius 2 is 1.44 bits per heavy atom. The van der Waals surface area contributed by atoms with E-state index in [4.69, 9.17) is 0 Å². The van der Waals surface area contributed by atoms with E-state index in [2.05, 4.69) is 35.5 Å². The van der Waals surface area contributed by atoms with Crippen LogP contribution in [0, 0.1) is 5.92 Å². The molecule has 0 radical (unpaired) electrons. The molecule has 0 amide bonds. The normalized spacial score (nSPS) is 16.4. The van der Waals surface area contributed by atoms with E-state index in [0.29, 0.717) is 5.31 Å². The standard InChI is InChI=1S/C17H37B/c1-5-7-8-9-10-11-14-17(4,18)15-12-13-16(3)6-2/h16H,5-15,18H2,1-4H3. The molecule has 0 nitrogen and oxygen atoms in total. The largest absolute Gasteiger partial charge is 0.109 e. The molecule has 0 aliphatic carbocycles. The summed E-state index contributed by atoms with van der Waals surface area (Å²) in [6.45, 7) is 9.46. The summed E-state index contributed by atoms with van der Waals surface area (Å²) >= 11 is 0. The maximum atomic E-state index is 2.47. The van der Waals surface area contributed by atoms with Crippen LogP contribution >= 0.6 is 0 Å². The molecule has 0 rings (SSSR count). The maximum absolute atomic E-state index is 2.47. The summed E-state index contributed by atoms with van der Waals surface area (Å²) in [4.78, 5) is 0. The van der Waals surface area contributed by atoms with Crippen molar-refractivity contribution in [3.05, 3.63) is 0 Å². The molecule has 0 aromatic carbocycles. The second-order valence-corrected chi connectivity index (χ2v) is 7.09. The lowest BCUT2D eigenvalue weighted by Gasteiger charge is -2.25. The van der Waals surface area contributed by atoms with Crippen molar-refractivity contribution in [2.45, 2.75) is 104 Å². The second kappa shape index (κ2) is 10.9. The monoisotopic (exact) mass is 252 g/mol. The van der Waals surface area contributed by atoms with Crippen LogP contribution in [0.5, 0.6) is 0 Å². The van der Waals surface area contributed by atoms with Crippen LogP contribution in [0.4, 0.5) is 0 Å². The van der Waals surface area contributed by atoms with Gasteiger partial charge in [-0.2, -0.15) is 0 Å². The van der Waals surface area contributed by atoms with Gasteiger partial charge in [0.05, 0.1) is 0 Å². The molecular formula is C17H37B. The Balaban J connectivity index is 3.48. The van der Waals surface area contributed by atoms with Gasteiger partial charge in [-0.1, -0.05) is 104 Å². The maximum Gasteiger partial charge on any atom is 0.109 e. The van der Waals surface area contributed by atoms with Crippen molar-refractivity contribution in [2.24, 2.45) is 5.92 Å². The van der Waals surface area contributed by atoms with Gasteiger partial charge in [0.1, 0.15) is 7.85 Å². The molecule has 0 aromatic heterocycles. The minimum absolute atomic E-state index is 0.582. The molecule has 0 saturated heterocycles. The van der Waals surface area contributed by atoms with Crippen LogP contribution in [-0.2, 0) is 0 Å². The van der Waals surface area contributed by atoms with E-state index in [0.717, 1.165) is 5.92 Å².